The minimum atomic E-state index is -5.08. The van der Waals surface area contributed by atoms with E-state index in [0.717, 1.165) is 22.5 Å². The van der Waals surface area contributed by atoms with E-state index in [9.17, 15) is 18.0 Å². The molecule has 36 heavy (non-hydrogen) atoms. The molecule has 14 heteroatoms. The van der Waals surface area contributed by atoms with Crippen LogP contribution in [-0.4, -0.2) is 61.3 Å². The highest BCUT2D eigenvalue weighted by molar-refractivity contribution is 6.36. The maximum absolute atomic E-state index is 13.1. The number of halogens is 5. The van der Waals surface area contributed by atoms with E-state index in [2.05, 4.69) is 9.97 Å². The Morgan fingerprint density at radius 2 is 1.89 bits per heavy atom. The van der Waals surface area contributed by atoms with Crippen LogP contribution in [0.25, 0.3) is 17.0 Å². The zero-order chi connectivity index (χ0) is 27.0. The van der Waals surface area contributed by atoms with Gasteiger partial charge in [-0.15, -0.1) is 0 Å². The van der Waals surface area contributed by atoms with Crippen LogP contribution in [0, 0.1) is 6.92 Å². The van der Waals surface area contributed by atoms with Crippen molar-refractivity contribution in [1.82, 2.24) is 19.3 Å². The van der Waals surface area contributed by atoms with Crippen molar-refractivity contribution in [2.24, 2.45) is 5.73 Å². The second-order valence-electron chi connectivity index (χ2n) is 8.47. The Kier molecular flexibility index (Phi) is 7.84. The average molecular weight is 548 g/mol. The molecule has 1 aromatic carbocycles. The molecule has 1 aliphatic heterocycles. The Labute approximate surface area is 213 Å². The lowest BCUT2D eigenvalue weighted by Gasteiger charge is -2.28. The van der Waals surface area contributed by atoms with E-state index >= 15 is 0 Å². The monoisotopic (exact) mass is 547 g/mol. The summed E-state index contributed by atoms with van der Waals surface area (Å²) in [7, 11) is 0. The maximum Gasteiger partial charge on any atom is 0.490 e. The highest BCUT2D eigenvalue weighted by atomic mass is 35.5. The van der Waals surface area contributed by atoms with Crippen molar-refractivity contribution in [3.8, 4) is 11.3 Å². The Balaban J connectivity index is 0.000000454. The summed E-state index contributed by atoms with van der Waals surface area (Å²) in [6, 6.07) is 5.27. The van der Waals surface area contributed by atoms with Gasteiger partial charge in [0.15, 0.2) is 0 Å². The maximum atomic E-state index is 13.1. The molecule has 4 rings (SSSR count). The molecule has 0 unspecified atom stereocenters. The first kappa shape index (κ1) is 27.7. The molecule has 3 heterocycles. The lowest BCUT2D eigenvalue weighted by molar-refractivity contribution is -0.192. The number of ether oxygens (including phenoxy) is 1. The van der Waals surface area contributed by atoms with Gasteiger partial charge in [-0.25, -0.2) is 14.8 Å². The van der Waals surface area contributed by atoms with E-state index in [1.54, 1.807) is 27.6 Å². The Morgan fingerprint density at radius 3 is 2.39 bits per heavy atom. The van der Waals surface area contributed by atoms with Crippen LogP contribution in [0.15, 0.2) is 24.4 Å². The Hall–Kier alpha value is -2.93. The fraction of sp³-hybridized carbons (Fsp3) is 0.364. The zero-order valence-corrected chi connectivity index (χ0v) is 20.9. The predicted octanol–water partition coefficient (Wildman–Crippen LogP) is 4.31. The number of aromatic nitrogens is 3. The molecular weight excluding hydrogens is 526 g/mol. The molecule has 194 valence electrons. The SMILES string of the molecule is Cc1nc2nc(C(=O)N3COCC3(C)C)cn2c(-c2ccc(Cl)cc2Cl)c1CN.O=C(O)C(F)(F)F. The lowest BCUT2D eigenvalue weighted by atomic mass is 10.0. The summed E-state index contributed by atoms with van der Waals surface area (Å²) in [5.41, 5.74) is 8.96. The van der Waals surface area contributed by atoms with Gasteiger partial charge in [0, 0.05) is 34.6 Å². The number of alkyl halides is 3. The highest BCUT2D eigenvalue weighted by Crippen LogP contribution is 2.34. The lowest BCUT2D eigenvalue weighted by Crippen LogP contribution is -2.44. The molecule has 0 atom stereocenters. The Morgan fingerprint density at radius 1 is 1.25 bits per heavy atom. The third-order valence-electron chi connectivity index (χ3n) is 5.42. The minimum absolute atomic E-state index is 0.210. The number of aliphatic carboxylic acids is 1. The van der Waals surface area contributed by atoms with Gasteiger partial charge in [0.25, 0.3) is 5.91 Å². The molecule has 2 aromatic heterocycles. The number of carbonyl (C=O) groups excluding carboxylic acids is 1. The van der Waals surface area contributed by atoms with Crippen molar-refractivity contribution in [3.63, 3.8) is 0 Å². The van der Waals surface area contributed by atoms with E-state index < -0.39 is 17.7 Å². The molecule has 1 fully saturated rings. The standard InChI is InChI=1S/C20H21Cl2N5O2.C2HF3O2/c1-11-14(7-23)17(13-5-4-12(21)6-15(13)22)26-8-16(25-19(26)24-11)18(28)27-10-29-9-20(27,2)3;3-2(4,5)1(6)7/h4-6,8H,7,9-10,23H2,1-3H3;(H,6,7). The van der Waals surface area contributed by atoms with E-state index in [4.69, 9.17) is 43.6 Å². The van der Waals surface area contributed by atoms with Crippen LogP contribution in [-0.2, 0) is 16.1 Å². The first-order valence-corrected chi connectivity index (χ1v) is 11.2. The van der Waals surface area contributed by atoms with Gasteiger partial charge in [-0.2, -0.15) is 13.2 Å². The molecule has 3 N–H and O–H groups in total. The predicted molar refractivity (Wildman–Crippen MR) is 126 cm³/mol. The second-order valence-corrected chi connectivity index (χ2v) is 9.32. The Bertz CT molecular complexity index is 1330. The number of nitrogens with two attached hydrogens (primary N) is 1. The summed E-state index contributed by atoms with van der Waals surface area (Å²) in [5, 5.41) is 8.14. The number of benzene rings is 1. The first-order valence-electron chi connectivity index (χ1n) is 10.4. The van der Waals surface area contributed by atoms with Crippen LogP contribution < -0.4 is 5.73 Å². The summed E-state index contributed by atoms with van der Waals surface area (Å²) in [5.74, 6) is -2.56. The van der Waals surface area contributed by atoms with Gasteiger partial charge in [-0.05, 0) is 39.0 Å². The first-order chi connectivity index (χ1) is 16.7. The summed E-state index contributed by atoms with van der Waals surface area (Å²) < 4.78 is 39.0. The topological polar surface area (TPSA) is 123 Å². The number of aryl methyl sites for hydroxylation is 1. The quantitative estimate of drug-likeness (QED) is 0.500. The zero-order valence-electron chi connectivity index (χ0n) is 19.4. The van der Waals surface area contributed by atoms with Crippen molar-refractivity contribution >= 4 is 40.9 Å². The molecule has 1 aliphatic rings. The van der Waals surface area contributed by atoms with Gasteiger partial charge in [0.2, 0.25) is 5.78 Å². The number of rotatable bonds is 3. The molecule has 0 radical (unpaired) electrons. The van der Waals surface area contributed by atoms with Crippen molar-refractivity contribution in [1.29, 1.82) is 0 Å². The minimum Gasteiger partial charge on any atom is -0.475 e. The van der Waals surface area contributed by atoms with Gasteiger partial charge in [0.1, 0.15) is 12.4 Å². The number of hydrogen-bond acceptors (Lipinski definition) is 6. The molecule has 0 bridgehead atoms. The average Bonchev–Trinajstić information content (AvgIpc) is 3.34. The molecule has 9 nitrogen and oxygen atoms in total. The summed E-state index contributed by atoms with van der Waals surface area (Å²) in [6.07, 6.45) is -3.40. The largest absolute Gasteiger partial charge is 0.490 e. The van der Waals surface area contributed by atoms with Gasteiger partial charge in [-0.3, -0.25) is 9.20 Å². The van der Waals surface area contributed by atoms with Gasteiger partial charge >= 0.3 is 12.1 Å². The molecule has 0 saturated carbocycles. The normalized spacial score (nSPS) is 15.1. The number of nitrogens with zero attached hydrogens (tertiary/aromatic N) is 4. The van der Waals surface area contributed by atoms with Crippen LogP contribution in [0.5, 0.6) is 0 Å². The number of amides is 1. The van der Waals surface area contributed by atoms with E-state index in [-0.39, 0.29) is 24.9 Å². The third kappa shape index (κ3) is 5.56. The van der Waals surface area contributed by atoms with Crippen molar-refractivity contribution < 1.29 is 32.6 Å². The molecule has 0 spiro atoms. The van der Waals surface area contributed by atoms with Gasteiger partial charge in [-0.1, -0.05) is 23.2 Å². The van der Waals surface area contributed by atoms with Crippen LogP contribution >= 0.6 is 23.2 Å². The number of fused-ring (bicyclic) bond motifs is 1. The van der Waals surface area contributed by atoms with Crippen LogP contribution in [0.2, 0.25) is 10.0 Å². The number of carboxylic acid groups (broad SMARTS) is 1. The van der Waals surface area contributed by atoms with E-state index in [0.29, 0.717) is 22.4 Å². The summed E-state index contributed by atoms with van der Waals surface area (Å²) in [6.45, 7) is 6.76. The number of hydrogen-bond donors (Lipinski definition) is 2. The highest BCUT2D eigenvalue weighted by Gasteiger charge is 2.39. The van der Waals surface area contributed by atoms with Crippen LogP contribution in [0.1, 0.15) is 35.6 Å². The van der Waals surface area contributed by atoms with Gasteiger partial charge in [0.05, 0.1) is 22.9 Å². The second kappa shape index (κ2) is 10.2. The smallest absolute Gasteiger partial charge is 0.475 e. The van der Waals surface area contributed by atoms with Gasteiger partial charge < -0.3 is 20.5 Å². The van der Waals surface area contributed by atoms with Crippen molar-refractivity contribution in [3.05, 3.63) is 51.4 Å². The molecule has 0 aliphatic carbocycles. The number of carbonyl (C=O) groups is 2. The van der Waals surface area contributed by atoms with E-state index in [1.165, 1.54) is 0 Å². The fourth-order valence-corrected chi connectivity index (χ4v) is 4.08. The summed E-state index contributed by atoms with van der Waals surface area (Å²) >= 11 is 12.6. The molecule has 3 aromatic rings. The molecule has 1 amide bonds. The van der Waals surface area contributed by atoms with Crippen molar-refractivity contribution in [2.45, 2.75) is 39.0 Å². The van der Waals surface area contributed by atoms with Crippen molar-refractivity contribution in [2.75, 3.05) is 13.3 Å². The van der Waals surface area contributed by atoms with Crippen LogP contribution in [0.4, 0.5) is 13.2 Å². The van der Waals surface area contributed by atoms with E-state index in [1.807, 2.05) is 26.8 Å². The number of carboxylic acids is 1. The molecule has 1 saturated heterocycles. The van der Waals surface area contributed by atoms with Crippen LogP contribution in [0.3, 0.4) is 0 Å². The molecular formula is C22H22Cl2F3N5O4. The third-order valence-corrected chi connectivity index (χ3v) is 5.97. The summed E-state index contributed by atoms with van der Waals surface area (Å²) in [4.78, 5) is 32.7. The number of imidazole rings is 1. The fourth-order valence-electron chi connectivity index (χ4n) is 3.58.